The Kier molecular flexibility index (Phi) is 7.63. The van der Waals surface area contributed by atoms with Gasteiger partial charge in [0.1, 0.15) is 18.1 Å². The molecule has 1 N–H and O–H groups in total. The maximum Gasteiger partial charge on any atom is 0.295 e. The Bertz CT molecular complexity index is 1200. The number of Topliss-reactive ketones (excluding diaryl/α,β-unsaturated/α-hetero) is 1. The van der Waals surface area contributed by atoms with E-state index in [-0.39, 0.29) is 11.3 Å². The average Bonchev–Trinajstić information content (AvgIpc) is 3.13. The summed E-state index contributed by atoms with van der Waals surface area (Å²) >= 11 is 0. The Morgan fingerprint density at radius 2 is 1.63 bits per heavy atom. The molecule has 0 saturated carbocycles. The van der Waals surface area contributed by atoms with E-state index < -0.39 is 17.7 Å². The number of hydrogen-bond donors (Lipinski definition) is 1. The van der Waals surface area contributed by atoms with Crippen molar-refractivity contribution in [3.63, 3.8) is 0 Å². The number of methoxy groups -OCH3 is 1. The molecule has 1 amide bonds. The van der Waals surface area contributed by atoms with Gasteiger partial charge in [-0.1, -0.05) is 60.2 Å². The zero-order valence-corrected chi connectivity index (χ0v) is 19.9. The van der Waals surface area contributed by atoms with Gasteiger partial charge >= 0.3 is 0 Å². The number of carbonyl (C=O) groups excluding carboxylic acids is 2. The Balaban J connectivity index is 1.63. The minimum Gasteiger partial charge on any atom is -0.507 e. The number of hydrogen-bond acceptors (Lipinski definition) is 5. The van der Waals surface area contributed by atoms with E-state index in [0.29, 0.717) is 37.5 Å². The van der Waals surface area contributed by atoms with Crippen molar-refractivity contribution < 1.29 is 24.2 Å². The Hall–Kier alpha value is -3.90. The van der Waals surface area contributed by atoms with Crippen LogP contribution in [0.1, 0.15) is 34.7 Å². The highest BCUT2D eigenvalue weighted by Crippen LogP contribution is 2.39. The van der Waals surface area contributed by atoms with Crippen molar-refractivity contribution in [3.05, 3.63) is 107 Å². The third-order valence-electron chi connectivity index (χ3n) is 6.06. The molecule has 1 unspecified atom stereocenters. The van der Waals surface area contributed by atoms with Crippen molar-refractivity contribution in [1.29, 1.82) is 0 Å². The summed E-state index contributed by atoms with van der Waals surface area (Å²) in [5.41, 5.74) is 3.43. The highest BCUT2D eigenvalue weighted by atomic mass is 16.5. The first kappa shape index (κ1) is 24.2. The lowest BCUT2D eigenvalue weighted by Crippen LogP contribution is -2.31. The van der Waals surface area contributed by atoms with E-state index in [9.17, 15) is 14.7 Å². The van der Waals surface area contributed by atoms with Crippen LogP contribution < -0.4 is 4.74 Å². The zero-order chi connectivity index (χ0) is 24.8. The van der Waals surface area contributed by atoms with Crippen LogP contribution in [0.2, 0.25) is 0 Å². The molecule has 1 fully saturated rings. The largest absolute Gasteiger partial charge is 0.507 e. The van der Waals surface area contributed by atoms with Crippen LogP contribution in [-0.4, -0.2) is 42.0 Å². The summed E-state index contributed by atoms with van der Waals surface area (Å²) in [6, 6.07) is 23.7. The number of aliphatic hydroxyl groups excluding tert-OH is 1. The molecule has 0 spiro atoms. The third-order valence-corrected chi connectivity index (χ3v) is 6.06. The Morgan fingerprint density at radius 1 is 0.943 bits per heavy atom. The molecule has 0 radical (unpaired) electrons. The molecule has 3 aromatic carbocycles. The number of rotatable bonds is 9. The summed E-state index contributed by atoms with van der Waals surface area (Å²) in [5, 5.41) is 11.2. The van der Waals surface area contributed by atoms with Crippen LogP contribution in [0.3, 0.4) is 0 Å². The van der Waals surface area contributed by atoms with Gasteiger partial charge in [-0.2, -0.15) is 0 Å². The summed E-state index contributed by atoms with van der Waals surface area (Å²) in [5.74, 6) is -0.857. The number of amides is 1. The van der Waals surface area contributed by atoms with Gasteiger partial charge in [-0.3, -0.25) is 9.59 Å². The molecule has 4 rings (SSSR count). The molecule has 3 aromatic rings. The molecular weight excluding hydrogens is 442 g/mol. The summed E-state index contributed by atoms with van der Waals surface area (Å²) < 4.78 is 11.0. The minimum atomic E-state index is -0.685. The fourth-order valence-corrected chi connectivity index (χ4v) is 4.19. The number of carbonyl (C=O) groups is 2. The van der Waals surface area contributed by atoms with Crippen molar-refractivity contribution >= 4 is 17.4 Å². The van der Waals surface area contributed by atoms with Crippen molar-refractivity contribution in [2.75, 3.05) is 20.3 Å². The van der Waals surface area contributed by atoms with E-state index in [0.717, 1.165) is 16.7 Å². The van der Waals surface area contributed by atoms with Crippen LogP contribution in [0.25, 0.3) is 5.76 Å². The summed E-state index contributed by atoms with van der Waals surface area (Å²) in [6.45, 7) is 3.21. The fourth-order valence-electron chi connectivity index (χ4n) is 4.19. The molecule has 6 nitrogen and oxygen atoms in total. The van der Waals surface area contributed by atoms with Crippen LogP contribution in [0.15, 0.2) is 84.4 Å². The number of nitrogens with zero attached hydrogens (tertiary/aromatic N) is 1. The second-order valence-corrected chi connectivity index (χ2v) is 8.55. The number of ether oxygens (including phenoxy) is 2. The topological polar surface area (TPSA) is 76.1 Å². The molecule has 6 heteroatoms. The zero-order valence-electron chi connectivity index (χ0n) is 19.9. The van der Waals surface area contributed by atoms with Gasteiger partial charge in [0.2, 0.25) is 0 Å². The van der Waals surface area contributed by atoms with Gasteiger partial charge in [-0.25, -0.2) is 0 Å². The molecule has 35 heavy (non-hydrogen) atoms. The number of benzene rings is 3. The molecule has 1 aliphatic rings. The minimum absolute atomic E-state index is 0.0919. The second-order valence-electron chi connectivity index (χ2n) is 8.55. The molecule has 1 aliphatic heterocycles. The molecule has 180 valence electrons. The van der Waals surface area contributed by atoms with Crippen LogP contribution in [0.5, 0.6) is 5.75 Å². The predicted molar refractivity (Wildman–Crippen MR) is 134 cm³/mol. The van der Waals surface area contributed by atoms with Crippen LogP contribution in [-0.2, 0) is 20.9 Å². The quantitative estimate of drug-likeness (QED) is 0.205. The van der Waals surface area contributed by atoms with Gasteiger partial charge < -0.3 is 19.5 Å². The first-order valence-corrected chi connectivity index (χ1v) is 11.6. The second kappa shape index (κ2) is 11.0. The van der Waals surface area contributed by atoms with Gasteiger partial charge in [0.05, 0.1) is 11.6 Å². The van der Waals surface area contributed by atoms with Crippen molar-refractivity contribution in [3.8, 4) is 5.75 Å². The lowest BCUT2D eigenvalue weighted by Gasteiger charge is -2.25. The monoisotopic (exact) mass is 471 g/mol. The van der Waals surface area contributed by atoms with Crippen molar-refractivity contribution in [2.24, 2.45) is 0 Å². The average molecular weight is 472 g/mol. The summed E-state index contributed by atoms with van der Waals surface area (Å²) in [6.07, 6.45) is 0.583. The van der Waals surface area contributed by atoms with Crippen LogP contribution in [0.4, 0.5) is 0 Å². The van der Waals surface area contributed by atoms with Crippen molar-refractivity contribution in [1.82, 2.24) is 4.90 Å². The molecule has 1 saturated heterocycles. The maximum absolute atomic E-state index is 13.1. The molecule has 0 aromatic heterocycles. The van der Waals surface area contributed by atoms with Crippen molar-refractivity contribution in [2.45, 2.75) is 26.0 Å². The van der Waals surface area contributed by atoms with Gasteiger partial charge in [-0.05, 0) is 48.7 Å². The maximum atomic E-state index is 13.1. The van der Waals surface area contributed by atoms with E-state index in [2.05, 4.69) is 0 Å². The smallest absolute Gasteiger partial charge is 0.295 e. The fraction of sp³-hybridized carbons (Fsp3) is 0.241. The lowest BCUT2D eigenvalue weighted by atomic mass is 9.94. The summed E-state index contributed by atoms with van der Waals surface area (Å²) in [7, 11) is 1.60. The molecule has 0 bridgehead atoms. The first-order chi connectivity index (χ1) is 17.0. The SMILES string of the molecule is COCCCN1C(=O)C(=O)/C(=C(/O)c2ccc(OCc3ccccc3)cc2)C1c1ccc(C)cc1. The Labute approximate surface area is 205 Å². The van der Waals surface area contributed by atoms with E-state index in [1.54, 1.807) is 31.4 Å². The predicted octanol–water partition coefficient (Wildman–Crippen LogP) is 5.03. The molecule has 1 atom stereocenters. The van der Waals surface area contributed by atoms with E-state index in [4.69, 9.17) is 9.47 Å². The summed E-state index contributed by atoms with van der Waals surface area (Å²) in [4.78, 5) is 27.5. The van der Waals surface area contributed by atoms with Gasteiger partial charge in [0.25, 0.3) is 11.7 Å². The molecule has 0 aliphatic carbocycles. The van der Waals surface area contributed by atoms with Crippen LogP contribution >= 0.6 is 0 Å². The standard InChI is InChI=1S/C29H29NO5/c1-20-9-11-22(12-10-20)26-25(28(32)29(33)30(26)17-6-18-34-2)27(31)23-13-15-24(16-14-23)35-19-21-7-4-3-5-8-21/h3-5,7-16,26,31H,6,17-19H2,1-2H3/b27-25+. The van der Waals surface area contributed by atoms with Gasteiger partial charge in [0.15, 0.2) is 0 Å². The highest BCUT2D eigenvalue weighted by molar-refractivity contribution is 6.46. The third kappa shape index (κ3) is 5.44. The first-order valence-electron chi connectivity index (χ1n) is 11.6. The van der Waals surface area contributed by atoms with Gasteiger partial charge in [0, 0.05) is 25.8 Å². The molecular formula is C29H29NO5. The number of likely N-dealkylation sites (tertiary alicyclic amines) is 1. The van der Waals surface area contributed by atoms with E-state index in [1.165, 1.54) is 4.90 Å². The number of aliphatic hydroxyl groups is 1. The normalized spacial score (nSPS) is 17.1. The number of aryl methyl sites for hydroxylation is 1. The van der Waals surface area contributed by atoms with E-state index in [1.807, 2.05) is 61.5 Å². The van der Waals surface area contributed by atoms with E-state index >= 15 is 0 Å². The van der Waals surface area contributed by atoms with Gasteiger partial charge in [-0.15, -0.1) is 0 Å². The highest BCUT2D eigenvalue weighted by Gasteiger charge is 2.45. The Morgan fingerprint density at radius 3 is 2.29 bits per heavy atom. The molecule has 1 heterocycles. The van der Waals surface area contributed by atoms with Crippen LogP contribution in [0, 0.1) is 6.92 Å². The lowest BCUT2D eigenvalue weighted by molar-refractivity contribution is -0.140. The number of ketones is 1.